The number of carbonyl (C=O) groups is 2. The number of rotatable bonds is 5. The van der Waals surface area contributed by atoms with Gasteiger partial charge < -0.3 is 14.9 Å². The second-order valence-corrected chi connectivity index (χ2v) is 6.56. The summed E-state index contributed by atoms with van der Waals surface area (Å²) in [7, 11) is 0. The Labute approximate surface area is 123 Å². The maximum Gasteiger partial charge on any atom is 0.323 e. The number of nitrogens with zero attached hydrogens (tertiary/aromatic N) is 2. The Bertz CT molecular complexity index is 451. The number of carboxylic acids is 1. The second-order valence-electron chi connectivity index (χ2n) is 5.53. The standard InChI is InChI=1S/C14H22N2O3S/c1-5-15(9-11-7-6-8-20-11)13(19)16(10-12(17)18)14(2,3)4/h6-8H,5,9-10H2,1-4H3,(H,17,18). The van der Waals surface area contributed by atoms with Gasteiger partial charge in [-0.3, -0.25) is 4.79 Å². The lowest BCUT2D eigenvalue weighted by Gasteiger charge is -2.38. The van der Waals surface area contributed by atoms with Crippen molar-refractivity contribution in [2.24, 2.45) is 0 Å². The first-order valence-electron chi connectivity index (χ1n) is 6.56. The van der Waals surface area contributed by atoms with Crippen molar-refractivity contribution in [1.29, 1.82) is 0 Å². The monoisotopic (exact) mass is 298 g/mol. The van der Waals surface area contributed by atoms with Gasteiger partial charge in [0.15, 0.2) is 0 Å². The minimum absolute atomic E-state index is 0.240. The fraction of sp³-hybridized carbons (Fsp3) is 0.571. The summed E-state index contributed by atoms with van der Waals surface area (Å²) in [4.78, 5) is 27.7. The van der Waals surface area contributed by atoms with Gasteiger partial charge in [-0.1, -0.05) is 6.07 Å². The fourth-order valence-electron chi connectivity index (χ4n) is 1.80. The van der Waals surface area contributed by atoms with E-state index >= 15 is 0 Å². The molecule has 1 rings (SSSR count). The average Bonchev–Trinajstić information content (AvgIpc) is 2.83. The predicted molar refractivity (Wildman–Crippen MR) is 79.9 cm³/mol. The van der Waals surface area contributed by atoms with E-state index in [2.05, 4.69) is 0 Å². The number of urea groups is 1. The van der Waals surface area contributed by atoms with E-state index in [1.165, 1.54) is 4.90 Å². The Kier molecular flexibility index (Phi) is 5.56. The average molecular weight is 298 g/mol. The maximum atomic E-state index is 12.6. The maximum absolute atomic E-state index is 12.6. The zero-order chi connectivity index (χ0) is 15.3. The quantitative estimate of drug-likeness (QED) is 0.909. The van der Waals surface area contributed by atoms with Gasteiger partial charge in [0.2, 0.25) is 0 Å². The SMILES string of the molecule is CCN(Cc1cccs1)C(=O)N(CC(=O)O)C(C)(C)C. The molecule has 0 aliphatic heterocycles. The summed E-state index contributed by atoms with van der Waals surface area (Å²) < 4.78 is 0. The highest BCUT2D eigenvalue weighted by Crippen LogP contribution is 2.18. The Morgan fingerprint density at radius 2 is 2.00 bits per heavy atom. The van der Waals surface area contributed by atoms with Crippen LogP contribution < -0.4 is 0 Å². The van der Waals surface area contributed by atoms with Crippen LogP contribution in [0.4, 0.5) is 4.79 Å². The van der Waals surface area contributed by atoms with E-state index in [0.29, 0.717) is 13.1 Å². The van der Waals surface area contributed by atoms with Crippen LogP contribution in [0.5, 0.6) is 0 Å². The normalized spacial score (nSPS) is 11.2. The highest BCUT2D eigenvalue weighted by molar-refractivity contribution is 7.09. The topological polar surface area (TPSA) is 60.9 Å². The molecule has 0 aliphatic carbocycles. The van der Waals surface area contributed by atoms with E-state index in [-0.39, 0.29) is 12.6 Å². The molecular formula is C14H22N2O3S. The van der Waals surface area contributed by atoms with Gasteiger partial charge in [-0.05, 0) is 39.1 Å². The summed E-state index contributed by atoms with van der Waals surface area (Å²) in [6.45, 7) is 8.19. The first-order valence-corrected chi connectivity index (χ1v) is 7.44. The van der Waals surface area contributed by atoms with Crippen molar-refractivity contribution >= 4 is 23.3 Å². The van der Waals surface area contributed by atoms with Gasteiger partial charge in [-0.2, -0.15) is 0 Å². The molecule has 0 bridgehead atoms. The van der Waals surface area contributed by atoms with Gasteiger partial charge in [-0.15, -0.1) is 11.3 Å². The number of carbonyl (C=O) groups excluding carboxylic acids is 1. The molecule has 1 N–H and O–H groups in total. The molecule has 6 heteroatoms. The molecule has 1 heterocycles. The van der Waals surface area contributed by atoms with Crippen LogP contribution in [0.15, 0.2) is 17.5 Å². The van der Waals surface area contributed by atoms with Crippen LogP contribution in [0.3, 0.4) is 0 Å². The third kappa shape index (κ3) is 4.52. The lowest BCUT2D eigenvalue weighted by molar-refractivity contribution is -0.138. The molecule has 20 heavy (non-hydrogen) atoms. The molecule has 1 aromatic heterocycles. The van der Waals surface area contributed by atoms with Crippen LogP contribution in [-0.2, 0) is 11.3 Å². The number of thiophene rings is 1. The Morgan fingerprint density at radius 1 is 1.35 bits per heavy atom. The van der Waals surface area contributed by atoms with Gasteiger partial charge in [0.05, 0.1) is 6.54 Å². The van der Waals surface area contributed by atoms with Crippen LogP contribution >= 0.6 is 11.3 Å². The number of hydrogen-bond donors (Lipinski definition) is 1. The lowest BCUT2D eigenvalue weighted by Crippen LogP contribution is -2.53. The smallest absolute Gasteiger partial charge is 0.323 e. The molecule has 0 fully saturated rings. The van der Waals surface area contributed by atoms with Crippen molar-refractivity contribution in [3.05, 3.63) is 22.4 Å². The molecule has 0 saturated heterocycles. The number of hydrogen-bond acceptors (Lipinski definition) is 3. The number of aliphatic carboxylic acids is 1. The van der Waals surface area contributed by atoms with Crippen LogP contribution in [0.1, 0.15) is 32.6 Å². The van der Waals surface area contributed by atoms with Crippen molar-refractivity contribution in [1.82, 2.24) is 9.80 Å². The second kappa shape index (κ2) is 6.74. The molecule has 0 aromatic carbocycles. The molecule has 0 aliphatic rings. The zero-order valence-corrected chi connectivity index (χ0v) is 13.2. The van der Waals surface area contributed by atoms with Crippen molar-refractivity contribution in [2.45, 2.75) is 39.8 Å². The summed E-state index contributed by atoms with van der Waals surface area (Å²) in [5, 5.41) is 11.0. The van der Waals surface area contributed by atoms with E-state index in [0.717, 1.165) is 4.88 Å². The van der Waals surface area contributed by atoms with E-state index in [1.807, 2.05) is 45.2 Å². The zero-order valence-electron chi connectivity index (χ0n) is 12.4. The summed E-state index contributed by atoms with van der Waals surface area (Å²) in [6, 6.07) is 3.67. The van der Waals surface area contributed by atoms with E-state index in [4.69, 9.17) is 5.11 Å². The molecule has 5 nitrogen and oxygen atoms in total. The van der Waals surface area contributed by atoms with Crippen molar-refractivity contribution in [2.75, 3.05) is 13.1 Å². The Morgan fingerprint density at radius 3 is 2.40 bits per heavy atom. The summed E-state index contributed by atoms with van der Waals surface area (Å²) >= 11 is 1.59. The Hall–Kier alpha value is -1.56. The third-order valence-corrected chi connectivity index (χ3v) is 3.77. The molecule has 0 unspecified atom stereocenters. The highest BCUT2D eigenvalue weighted by Gasteiger charge is 2.31. The minimum atomic E-state index is -1.000. The van der Waals surface area contributed by atoms with Gasteiger partial charge in [0.25, 0.3) is 0 Å². The van der Waals surface area contributed by atoms with E-state index < -0.39 is 11.5 Å². The first kappa shape index (κ1) is 16.5. The molecule has 1 aromatic rings. The molecule has 112 valence electrons. The molecule has 0 radical (unpaired) electrons. The van der Waals surface area contributed by atoms with E-state index in [1.54, 1.807) is 16.2 Å². The largest absolute Gasteiger partial charge is 0.480 e. The lowest BCUT2D eigenvalue weighted by atomic mass is 10.1. The van der Waals surface area contributed by atoms with Crippen LogP contribution in [-0.4, -0.2) is 45.5 Å². The third-order valence-electron chi connectivity index (χ3n) is 2.91. The van der Waals surface area contributed by atoms with Crippen molar-refractivity contribution in [3.8, 4) is 0 Å². The number of carboxylic acid groups (broad SMARTS) is 1. The molecule has 0 spiro atoms. The van der Waals surface area contributed by atoms with Crippen molar-refractivity contribution in [3.63, 3.8) is 0 Å². The molecule has 2 amide bonds. The van der Waals surface area contributed by atoms with Crippen LogP contribution in [0.25, 0.3) is 0 Å². The summed E-state index contributed by atoms with van der Waals surface area (Å²) in [5.41, 5.74) is -0.529. The predicted octanol–water partition coefficient (Wildman–Crippen LogP) is 2.88. The summed E-state index contributed by atoms with van der Waals surface area (Å²) in [6.07, 6.45) is 0. The minimum Gasteiger partial charge on any atom is -0.480 e. The number of amides is 2. The molecule has 0 saturated carbocycles. The van der Waals surface area contributed by atoms with Gasteiger partial charge in [0, 0.05) is 17.0 Å². The molecular weight excluding hydrogens is 276 g/mol. The van der Waals surface area contributed by atoms with Crippen molar-refractivity contribution < 1.29 is 14.7 Å². The molecule has 0 atom stereocenters. The Balaban J connectivity index is 2.87. The van der Waals surface area contributed by atoms with E-state index in [9.17, 15) is 9.59 Å². The highest BCUT2D eigenvalue weighted by atomic mass is 32.1. The van der Waals surface area contributed by atoms with Crippen LogP contribution in [0, 0.1) is 0 Å². The first-order chi connectivity index (χ1) is 9.25. The van der Waals surface area contributed by atoms with Crippen LogP contribution in [0.2, 0.25) is 0 Å². The van der Waals surface area contributed by atoms with Gasteiger partial charge in [0.1, 0.15) is 6.54 Å². The summed E-state index contributed by atoms with van der Waals surface area (Å²) in [5.74, 6) is -1.000. The van der Waals surface area contributed by atoms with Gasteiger partial charge >= 0.3 is 12.0 Å². The fourth-order valence-corrected chi connectivity index (χ4v) is 2.52. The van der Waals surface area contributed by atoms with Gasteiger partial charge in [-0.25, -0.2) is 4.79 Å².